The molecule has 7 nitrogen and oxygen atoms in total. The minimum absolute atomic E-state index is 0.0134. The Morgan fingerprint density at radius 1 is 1.48 bits per heavy atom. The number of primary amides is 1. The first-order chi connectivity index (χ1) is 9.83. The minimum atomic E-state index is -3.72. The lowest BCUT2D eigenvalue weighted by molar-refractivity contribution is 0.0453. The predicted molar refractivity (Wildman–Crippen MR) is 75.4 cm³/mol. The highest BCUT2D eigenvalue weighted by Crippen LogP contribution is 2.27. The quantitative estimate of drug-likeness (QED) is 0.674. The van der Waals surface area contributed by atoms with Crippen molar-refractivity contribution in [2.24, 2.45) is 11.7 Å². The molecule has 1 aliphatic carbocycles. The molecule has 0 aromatic heterocycles. The maximum atomic E-state index is 12.2. The molecular weight excluding hydrogens is 296 g/mol. The molecule has 4 N–H and O–H groups in total. The first kappa shape index (κ1) is 15.7. The number of carbonyl (C=O) groups is 1. The van der Waals surface area contributed by atoms with Crippen molar-refractivity contribution in [3.05, 3.63) is 23.8 Å². The van der Waals surface area contributed by atoms with Gasteiger partial charge in [0, 0.05) is 6.54 Å². The van der Waals surface area contributed by atoms with E-state index in [-0.39, 0.29) is 34.8 Å². The van der Waals surface area contributed by atoms with Crippen LogP contribution >= 0.6 is 0 Å². The number of aliphatic hydroxyl groups is 1. The number of nitrogens with two attached hydrogens (primary N) is 1. The second kappa shape index (κ2) is 6.00. The van der Waals surface area contributed by atoms with E-state index in [1.54, 1.807) is 0 Å². The van der Waals surface area contributed by atoms with Gasteiger partial charge in [-0.25, -0.2) is 13.1 Å². The lowest BCUT2D eigenvalue weighted by Gasteiger charge is -2.31. The van der Waals surface area contributed by atoms with E-state index >= 15 is 0 Å². The number of hydrogen-bond acceptors (Lipinski definition) is 5. The van der Waals surface area contributed by atoms with Crippen LogP contribution in [-0.4, -0.2) is 39.2 Å². The van der Waals surface area contributed by atoms with Gasteiger partial charge in [-0.3, -0.25) is 4.79 Å². The lowest BCUT2D eigenvalue weighted by Crippen LogP contribution is -2.38. The average molecular weight is 314 g/mol. The topological polar surface area (TPSA) is 119 Å². The Labute approximate surface area is 123 Å². The molecule has 116 valence electrons. The van der Waals surface area contributed by atoms with Crippen LogP contribution in [0.2, 0.25) is 0 Å². The largest absolute Gasteiger partial charge is 0.496 e. The highest BCUT2D eigenvalue weighted by Gasteiger charge is 2.28. The molecule has 1 amide bonds. The molecule has 0 bridgehead atoms. The Morgan fingerprint density at radius 3 is 2.67 bits per heavy atom. The van der Waals surface area contributed by atoms with Crippen LogP contribution in [0.3, 0.4) is 0 Å². The smallest absolute Gasteiger partial charge is 0.252 e. The third-order valence-corrected chi connectivity index (χ3v) is 4.94. The summed E-state index contributed by atoms with van der Waals surface area (Å²) in [6, 6.07) is 3.93. The van der Waals surface area contributed by atoms with E-state index in [2.05, 4.69) is 4.72 Å². The number of aliphatic hydroxyl groups excluding tert-OH is 1. The Bertz CT molecular complexity index is 638. The summed E-state index contributed by atoms with van der Waals surface area (Å²) in [6.45, 7) is 0.261. The van der Waals surface area contributed by atoms with E-state index in [1.807, 2.05) is 0 Å². The summed E-state index contributed by atoms with van der Waals surface area (Å²) in [5, 5.41) is 9.18. The van der Waals surface area contributed by atoms with Gasteiger partial charge in [0.05, 0.1) is 23.7 Å². The SMILES string of the molecule is COc1ccc(S(=O)(=O)NCC2CC(O)C2)cc1C(N)=O. The van der Waals surface area contributed by atoms with Crippen molar-refractivity contribution < 1.29 is 23.1 Å². The molecule has 2 rings (SSSR count). The molecule has 0 spiro atoms. The van der Waals surface area contributed by atoms with Gasteiger partial charge in [0.1, 0.15) is 5.75 Å². The first-order valence-electron chi connectivity index (χ1n) is 6.49. The number of hydrogen-bond donors (Lipinski definition) is 3. The van der Waals surface area contributed by atoms with Crippen molar-refractivity contribution in [2.75, 3.05) is 13.7 Å². The molecule has 1 aromatic carbocycles. The van der Waals surface area contributed by atoms with Gasteiger partial charge in [0.15, 0.2) is 0 Å². The maximum absolute atomic E-state index is 12.2. The van der Waals surface area contributed by atoms with Crippen LogP contribution in [0.5, 0.6) is 5.75 Å². The zero-order chi connectivity index (χ0) is 15.6. The van der Waals surface area contributed by atoms with Crippen molar-refractivity contribution in [2.45, 2.75) is 23.8 Å². The molecule has 0 atom stereocenters. The highest BCUT2D eigenvalue weighted by molar-refractivity contribution is 7.89. The van der Waals surface area contributed by atoms with Gasteiger partial charge in [0.2, 0.25) is 10.0 Å². The van der Waals surface area contributed by atoms with E-state index in [4.69, 9.17) is 10.5 Å². The molecule has 1 fully saturated rings. The third kappa shape index (κ3) is 3.52. The minimum Gasteiger partial charge on any atom is -0.496 e. The Morgan fingerprint density at radius 2 is 2.14 bits per heavy atom. The summed E-state index contributed by atoms with van der Waals surface area (Å²) in [5.74, 6) is -0.391. The van der Waals surface area contributed by atoms with Crippen LogP contribution < -0.4 is 15.2 Å². The molecule has 0 unspecified atom stereocenters. The first-order valence-corrected chi connectivity index (χ1v) is 7.97. The van der Waals surface area contributed by atoms with Crippen LogP contribution in [0.25, 0.3) is 0 Å². The molecule has 0 radical (unpaired) electrons. The van der Waals surface area contributed by atoms with Crippen molar-refractivity contribution >= 4 is 15.9 Å². The number of nitrogens with one attached hydrogen (secondary N) is 1. The van der Waals surface area contributed by atoms with Crippen molar-refractivity contribution in [3.63, 3.8) is 0 Å². The number of amides is 1. The Hall–Kier alpha value is -1.64. The van der Waals surface area contributed by atoms with Crippen LogP contribution in [0, 0.1) is 5.92 Å². The average Bonchev–Trinajstić information content (AvgIpc) is 2.41. The standard InChI is InChI=1S/C13H18N2O5S/c1-20-12-3-2-10(6-11(12)13(14)17)21(18,19)15-7-8-4-9(16)5-8/h2-3,6,8-9,15-16H,4-5,7H2,1H3,(H2,14,17). The van der Waals surface area contributed by atoms with Gasteiger partial charge in [-0.2, -0.15) is 0 Å². The molecule has 1 aromatic rings. The number of benzene rings is 1. The maximum Gasteiger partial charge on any atom is 0.252 e. The summed E-state index contributed by atoms with van der Waals surface area (Å²) in [7, 11) is -2.35. The predicted octanol–water partition coefficient (Wildman–Crippen LogP) is -0.157. The molecule has 1 saturated carbocycles. The second-order valence-electron chi connectivity index (χ2n) is 5.07. The zero-order valence-corrected chi connectivity index (χ0v) is 12.4. The van der Waals surface area contributed by atoms with E-state index in [0.29, 0.717) is 12.8 Å². The van der Waals surface area contributed by atoms with Gasteiger partial charge < -0.3 is 15.6 Å². The van der Waals surface area contributed by atoms with Crippen LogP contribution in [0.4, 0.5) is 0 Å². The van der Waals surface area contributed by atoms with Crippen molar-refractivity contribution in [3.8, 4) is 5.75 Å². The fourth-order valence-corrected chi connectivity index (χ4v) is 3.37. The molecule has 0 saturated heterocycles. The molecule has 21 heavy (non-hydrogen) atoms. The molecule has 1 aliphatic rings. The number of carbonyl (C=O) groups excluding carboxylic acids is 1. The number of methoxy groups -OCH3 is 1. The Kier molecular flexibility index (Phi) is 4.50. The van der Waals surface area contributed by atoms with Gasteiger partial charge in [-0.1, -0.05) is 0 Å². The van der Waals surface area contributed by atoms with E-state index in [9.17, 15) is 18.3 Å². The van der Waals surface area contributed by atoms with Crippen molar-refractivity contribution in [1.29, 1.82) is 0 Å². The van der Waals surface area contributed by atoms with E-state index < -0.39 is 15.9 Å². The monoisotopic (exact) mass is 314 g/mol. The van der Waals surface area contributed by atoms with Gasteiger partial charge in [0.25, 0.3) is 5.91 Å². The zero-order valence-electron chi connectivity index (χ0n) is 11.6. The summed E-state index contributed by atoms with van der Waals surface area (Å²) in [6.07, 6.45) is 0.858. The van der Waals surface area contributed by atoms with Crippen LogP contribution in [0.1, 0.15) is 23.2 Å². The second-order valence-corrected chi connectivity index (χ2v) is 6.84. The van der Waals surface area contributed by atoms with Gasteiger partial charge in [-0.15, -0.1) is 0 Å². The fraction of sp³-hybridized carbons (Fsp3) is 0.462. The number of sulfonamides is 1. The van der Waals surface area contributed by atoms with Gasteiger partial charge in [-0.05, 0) is 37.0 Å². The van der Waals surface area contributed by atoms with E-state index in [0.717, 1.165) is 0 Å². The molecular formula is C13H18N2O5S. The molecule has 0 heterocycles. The van der Waals surface area contributed by atoms with Crippen LogP contribution in [-0.2, 0) is 10.0 Å². The van der Waals surface area contributed by atoms with E-state index in [1.165, 1.54) is 25.3 Å². The molecule has 8 heteroatoms. The molecule has 0 aliphatic heterocycles. The lowest BCUT2D eigenvalue weighted by atomic mass is 9.83. The summed E-state index contributed by atoms with van der Waals surface area (Å²) < 4.78 is 31.8. The summed E-state index contributed by atoms with van der Waals surface area (Å²) in [4.78, 5) is 11.3. The fourth-order valence-electron chi connectivity index (χ4n) is 2.22. The normalized spacial score (nSPS) is 21.6. The van der Waals surface area contributed by atoms with Crippen LogP contribution in [0.15, 0.2) is 23.1 Å². The number of ether oxygens (including phenoxy) is 1. The van der Waals surface area contributed by atoms with Gasteiger partial charge >= 0.3 is 0 Å². The third-order valence-electron chi connectivity index (χ3n) is 3.52. The Balaban J connectivity index is 2.15. The summed E-state index contributed by atoms with van der Waals surface area (Å²) >= 11 is 0. The highest BCUT2D eigenvalue weighted by atomic mass is 32.2. The summed E-state index contributed by atoms with van der Waals surface area (Å²) in [5.41, 5.74) is 5.22. The van der Waals surface area contributed by atoms with Crippen molar-refractivity contribution in [1.82, 2.24) is 4.72 Å². The number of rotatable bonds is 6.